The summed E-state index contributed by atoms with van der Waals surface area (Å²) in [7, 11) is 0. The van der Waals surface area contributed by atoms with Crippen LogP contribution in [-0.4, -0.2) is 65.3 Å². The summed E-state index contributed by atoms with van der Waals surface area (Å²) >= 11 is 0. The van der Waals surface area contributed by atoms with Crippen molar-refractivity contribution >= 4 is 18.2 Å². The average molecular weight is 433 g/mol. The largest absolute Gasteiger partial charge is 0.466 e. The van der Waals surface area contributed by atoms with Gasteiger partial charge in [-0.15, -0.1) is 0 Å². The molecule has 1 aromatic carbocycles. The van der Waals surface area contributed by atoms with Crippen LogP contribution in [0.3, 0.4) is 0 Å². The molecule has 31 heavy (non-hydrogen) atoms. The summed E-state index contributed by atoms with van der Waals surface area (Å²) in [5.41, 5.74) is -0.415. The van der Waals surface area contributed by atoms with E-state index in [1.54, 1.807) is 37.5 Å². The van der Waals surface area contributed by atoms with Gasteiger partial charge in [-0.1, -0.05) is 30.3 Å². The highest BCUT2D eigenvalue weighted by atomic mass is 16.6. The number of esters is 1. The molecule has 2 amide bonds. The molecular weight excluding hydrogens is 400 g/mol. The minimum atomic E-state index is -0.661. The summed E-state index contributed by atoms with van der Waals surface area (Å²) in [5.74, 6) is -0.759. The van der Waals surface area contributed by atoms with E-state index in [9.17, 15) is 14.4 Å². The van der Waals surface area contributed by atoms with E-state index in [1.165, 1.54) is 0 Å². The Hall–Kier alpha value is -2.77. The predicted molar refractivity (Wildman–Crippen MR) is 113 cm³/mol. The fraction of sp³-hybridized carbons (Fsp3) is 0.609. The van der Waals surface area contributed by atoms with Gasteiger partial charge in [-0.2, -0.15) is 0 Å². The molecule has 1 aromatic rings. The Morgan fingerprint density at radius 1 is 1.10 bits per heavy atom. The van der Waals surface area contributed by atoms with Crippen LogP contribution in [0.15, 0.2) is 30.3 Å². The second-order valence-corrected chi connectivity index (χ2v) is 9.18. The first kappa shape index (κ1) is 22.9. The van der Waals surface area contributed by atoms with Crippen molar-refractivity contribution < 1.29 is 28.6 Å². The second kappa shape index (κ2) is 9.16. The van der Waals surface area contributed by atoms with Gasteiger partial charge in [-0.3, -0.25) is 9.69 Å². The van der Waals surface area contributed by atoms with Crippen LogP contribution in [0.2, 0.25) is 0 Å². The molecule has 2 fully saturated rings. The molecule has 2 aliphatic rings. The van der Waals surface area contributed by atoms with E-state index in [0.29, 0.717) is 25.9 Å². The quantitative estimate of drug-likeness (QED) is 0.534. The molecule has 0 N–H and O–H groups in total. The molecule has 8 heteroatoms. The van der Waals surface area contributed by atoms with Crippen molar-refractivity contribution in [2.45, 2.75) is 58.3 Å². The van der Waals surface area contributed by atoms with Crippen LogP contribution in [0.1, 0.15) is 46.1 Å². The van der Waals surface area contributed by atoms with Gasteiger partial charge in [-0.05, 0) is 46.1 Å². The van der Waals surface area contributed by atoms with Crippen molar-refractivity contribution in [3.63, 3.8) is 0 Å². The van der Waals surface area contributed by atoms with Crippen LogP contribution in [0, 0.1) is 5.92 Å². The topological polar surface area (TPSA) is 85.4 Å². The summed E-state index contributed by atoms with van der Waals surface area (Å²) in [4.78, 5) is 41.2. The Kier molecular flexibility index (Phi) is 6.77. The third kappa shape index (κ3) is 5.48. The van der Waals surface area contributed by atoms with Gasteiger partial charge in [0.15, 0.2) is 0 Å². The van der Waals surface area contributed by atoms with Crippen LogP contribution < -0.4 is 0 Å². The minimum absolute atomic E-state index is 0.185. The number of hydrogen-bond acceptors (Lipinski definition) is 6. The fourth-order valence-corrected chi connectivity index (χ4v) is 4.26. The average Bonchev–Trinajstić information content (AvgIpc) is 3.31. The van der Waals surface area contributed by atoms with Gasteiger partial charge >= 0.3 is 18.2 Å². The monoisotopic (exact) mass is 432 g/mol. The molecule has 170 valence electrons. The number of likely N-dealkylation sites (tertiary alicyclic amines) is 2. The third-order valence-electron chi connectivity index (χ3n) is 5.63. The molecule has 0 radical (unpaired) electrons. The second-order valence-electron chi connectivity index (χ2n) is 9.18. The van der Waals surface area contributed by atoms with Crippen LogP contribution in [0.25, 0.3) is 0 Å². The number of rotatable bonds is 4. The summed E-state index contributed by atoms with van der Waals surface area (Å²) in [6, 6.07) is 9.47. The minimum Gasteiger partial charge on any atom is -0.466 e. The van der Waals surface area contributed by atoms with Crippen molar-refractivity contribution in [1.29, 1.82) is 0 Å². The summed E-state index contributed by atoms with van der Waals surface area (Å²) in [5, 5.41) is 0. The molecule has 2 atom stereocenters. The molecule has 0 saturated carbocycles. The van der Waals surface area contributed by atoms with Crippen molar-refractivity contribution in [3.05, 3.63) is 35.9 Å². The normalized spacial score (nSPS) is 23.2. The van der Waals surface area contributed by atoms with Crippen LogP contribution >= 0.6 is 0 Å². The van der Waals surface area contributed by atoms with E-state index in [-0.39, 0.29) is 25.7 Å². The maximum absolute atomic E-state index is 13.0. The number of benzene rings is 1. The van der Waals surface area contributed by atoms with E-state index >= 15 is 0 Å². The van der Waals surface area contributed by atoms with E-state index in [1.807, 2.05) is 30.3 Å². The van der Waals surface area contributed by atoms with Crippen molar-refractivity contribution in [1.82, 2.24) is 9.80 Å². The lowest BCUT2D eigenvalue weighted by Gasteiger charge is -2.35. The Labute approximate surface area is 183 Å². The molecule has 2 saturated heterocycles. The first-order chi connectivity index (χ1) is 14.6. The van der Waals surface area contributed by atoms with Gasteiger partial charge in [-0.25, -0.2) is 9.59 Å². The third-order valence-corrected chi connectivity index (χ3v) is 5.63. The predicted octanol–water partition coefficient (Wildman–Crippen LogP) is 3.59. The Morgan fingerprint density at radius 3 is 2.45 bits per heavy atom. The maximum Gasteiger partial charge on any atom is 0.410 e. The zero-order valence-corrected chi connectivity index (χ0v) is 18.8. The van der Waals surface area contributed by atoms with Crippen LogP contribution in [0.5, 0.6) is 0 Å². The number of hydrogen-bond donors (Lipinski definition) is 0. The molecule has 8 nitrogen and oxygen atoms in total. The molecule has 2 heterocycles. The van der Waals surface area contributed by atoms with Gasteiger partial charge < -0.3 is 19.1 Å². The smallest absolute Gasteiger partial charge is 0.410 e. The molecule has 1 spiro atoms. The molecule has 0 bridgehead atoms. The number of amides is 2. The first-order valence-electron chi connectivity index (χ1n) is 10.8. The SMILES string of the molecule is CCOC(=O)C1CN(C(=O)OC(C)(C)C)C2(CCN(C(=O)OCc3ccccc3)C2)C1. The van der Waals surface area contributed by atoms with Gasteiger partial charge in [0.05, 0.1) is 18.1 Å². The molecular formula is C23H32N2O6. The first-order valence-corrected chi connectivity index (χ1v) is 10.8. The molecule has 0 aliphatic carbocycles. The summed E-state index contributed by atoms with van der Waals surface area (Å²) in [6.07, 6.45) is 0.0964. The Morgan fingerprint density at radius 2 is 1.81 bits per heavy atom. The fourth-order valence-electron chi connectivity index (χ4n) is 4.26. The molecule has 3 rings (SSSR count). The van der Waals surface area contributed by atoms with E-state index in [4.69, 9.17) is 14.2 Å². The lowest BCUT2D eigenvalue weighted by atomic mass is 9.91. The zero-order valence-electron chi connectivity index (χ0n) is 18.8. The van der Waals surface area contributed by atoms with Gasteiger partial charge in [0.1, 0.15) is 12.2 Å². The number of carbonyl (C=O) groups is 3. The lowest BCUT2D eigenvalue weighted by Crippen LogP contribution is -2.51. The number of carbonyl (C=O) groups excluding carboxylic acids is 3. The Bertz CT molecular complexity index is 806. The lowest BCUT2D eigenvalue weighted by molar-refractivity contribution is -0.147. The van der Waals surface area contributed by atoms with Gasteiger partial charge in [0, 0.05) is 19.6 Å². The van der Waals surface area contributed by atoms with E-state index in [2.05, 4.69) is 0 Å². The van der Waals surface area contributed by atoms with Gasteiger partial charge in [0.25, 0.3) is 0 Å². The van der Waals surface area contributed by atoms with Crippen LogP contribution in [0.4, 0.5) is 9.59 Å². The number of ether oxygens (including phenoxy) is 3. The Balaban J connectivity index is 1.70. The number of nitrogens with zero attached hydrogens (tertiary/aromatic N) is 2. The highest BCUT2D eigenvalue weighted by Crippen LogP contribution is 2.42. The van der Waals surface area contributed by atoms with Crippen LogP contribution in [-0.2, 0) is 25.6 Å². The molecule has 0 aromatic heterocycles. The standard InChI is InChI=1S/C23H32N2O6/c1-5-29-19(26)18-13-23(25(14-18)21(28)31-22(2,3)4)11-12-24(16-23)20(27)30-15-17-9-7-6-8-10-17/h6-10,18H,5,11-16H2,1-4H3. The summed E-state index contributed by atoms with van der Waals surface area (Å²) in [6.45, 7) is 8.61. The van der Waals surface area contributed by atoms with Crippen molar-refractivity contribution in [3.8, 4) is 0 Å². The summed E-state index contributed by atoms with van der Waals surface area (Å²) < 4.78 is 16.3. The highest BCUT2D eigenvalue weighted by molar-refractivity contribution is 5.77. The molecule has 2 aliphatic heterocycles. The zero-order chi connectivity index (χ0) is 22.6. The van der Waals surface area contributed by atoms with E-state index in [0.717, 1.165) is 5.56 Å². The van der Waals surface area contributed by atoms with Gasteiger partial charge in [0.2, 0.25) is 0 Å². The highest BCUT2D eigenvalue weighted by Gasteiger charge is 2.55. The van der Waals surface area contributed by atoms with Crippen molar-refractivity contribution in [2.75, 3.05) is 26.2 Å². The van der Waals surface area contributed by atoms with E-state index < -0.39 is 29.2 Å². The molecule has 2 unspecified atom stereocenters. The van der Waals surface area contributed by atoms with Crippen molar-refractivity contribution in [2.24, 2.45) is 5.92 Å². The maximum atomic E-state index is 13.0.